The van der Waals surface area contributed by atoms with Crippen molar-refractivity contribution >= 4 is 23.4 Å². The molecule has 2 heterocycles. The number of aromatic nitrogens is 7. The summed E-state index contributed by atoms with van der Waals surface area (Å²) in [5.74, 6) is 3.00. The molecule has 0 amide bonds. The van der Waals surface area contributed by atoms with Crippen molar-refractivity contribution < 1.29 is 0 Å². The number of nitrogens with zero attached hydrogens (tertiary/aromatic N) is 6. The van der Waals surface area contributed by atoms with E-state index in [1.165, 1.54) is 0 Å². The third-order valence-electron chi connectivity index (χ3n) is 3.09. The molecule has 7 nitrogen and oxygen atoms in total. The highest BCUT2D eigenvalue weighted by Gasteiger charge is 2.11. The van der Waals surface area contributed by atoms with Crippen LogP contribution in [0.5, 0.6) is 0 Å². The number of rotatable bonds is 6. The number of tetrazole rings is 1. The second kappa shape index (κ2) is 6.89. The zero-order valence-electron chi connectivity index (χ0n) is 11.9. The molecule has 0 radical (unpaired) electrons. The molecule has 114 valence electrons. The normalized spacial score (nSPS) is 11.0. The first-order valence-corrected chi connectivity index (χ1v) is 8.24. The number of halogens is 1. The van der Waals surface area contributed by atoms with Crippen LogP contribution in [0, 0.1) is 0 Å². The van der Waals surface area contributed by atoms with Crippen molar-refractivity contribution in [3.05, 3.63) is 24.3 Å². The maximum absolute atomic E-state index is 5.69. The van der Waals surface area contributed by atoms with Crippen molar-refractivity contribution in [2.45, 2.75) is 11.6 Å². The zero-order valence-corrected chi connectivity index (χ0v) is 13.5. The SMILES string of the molecule is Cn1c(SCCCCl)nnc1-c1ccc(-c2nn[nH]n2)cc1. The van der Waals surface area contributed by atoms with Crippen LogP contribution < -0.4 is 0 Å². The van der Waals surface area contributed by atoms with E-state index in [2.05, 4.69) is 30.8 Å². The Morgan fingerprint density at radius 3 is 2.59 bits per heavy atom. The van der Waals surface area contributed by atoms with Crippen molar-refractivity contribution in [3.63, 3.8) is 0 Å². The molecule has 0 saturated heterocycles. The van der Waals surface area contributed by atoms with E-state index in [0.29, 0.717) is 11.7 Å². The summed E-state index contributed by atoms with van der Waals surface area (Å²) in [6.45, 7) is 0. The van der Waals surface area contributed by atoms with E-state index in [1.54, 1.807) is 11.8 Å². The summed E-state index contributed by atoms with van der Waals surface area (Å²) in [5.41, 5.74) is 1.89. The highest BCUT2D eigenvalue weighted by molar-refractivity contribution is 7.99. The van der Waals surface area contributed by atoms with Crippen LogP contribution in [0.2, 0.25) is 0 Å². The Labute approximate surface area is 136 Å². The lowest BCUT2D eigenvalue weighted by molar-refractivity contribution is 0.793. The minimum absolute atomic E-state index is 0.571. The maximum Gasteiger partial charge on any atom is 0.204 e. The summed E-state index contributed by atoms with van der Waals surface area (Å²) in [4.78, 5) is 0. The predicted octanol–water partition coefficient (Wildman–Crippen LogP) is 2.38. The Balaban J connectivity index is 1.79. The molecule has 3 aromatic rings. The van der Waals surface area contributed by atoms with Crippen molar-refractivity contribution in [3.8, 4) is 22.8 Å². The fourth-order valence-corrected chi connectivity index (χ4v) is 3.10. The van der Waals surface area contributed by atoms with E-state index in [-0.39, 0.29) is 0 Å². The number of benzene rings is 1. The van der Waals surface area contributed by atoms with E-state index >= 15 is 0 Å². The van der Waals surface area contributed by atoms with E-state index in [4.69, 9.17) is 11.6 Å². The smallest absolute Gasteiger partial charge is 0.204 e. The van der Waals surface area contributed by atoms with Gasteiger partial charge in [-0.1, -0.05) is 36.0 Å². The van der Waals surface area contributed by atoms with Gasteiger partial charge in [-0.15, -0.1) is 32.0 Å². The molecule has 1 aromatic carbocycles. The molecule has 0 unspecified atom stereocenters. The number of hydrogen-bond donors (Lipinski definition) is 1. The number of hydrogen-bond acceptors (Lipinski definition) is 6. The Hall–Kier alpha value is -1.93. The number of thioether (sulfide) groups is 1. The first-order chi connectivity index (χ1) is 10.8. The third-order valence-corrected chi connectivity index (χ3v) is 4.46. The molecule has 0 aliphatic heterocycles. The van der Waals surface area contributed by atoms with Gasteiger partial charge in [0.15, 0.2) is 11.0 Å². The Kier molecular flexibility index (Phi) is 4.69. The summed E-state index contributed by atoms with van der Waals surface area (Å²) in [5, 5.41) is 23.3. The highest BCUT2D eigenvalue weighted by Crippen LogP contribution is 2.24. The summed E-state index contributed by atoms with van der Waals surface area (Å²) in [6, 6.07) is 7.83. The van der Waals surface area contributed by atoms with Gasteiger partial charge < -0.3 is 4.57 Å². The minimum atomic E-state index is 0.571. The van der Waals surface area contributed by atoms with E-state index in [1.807, 2.05) is 35.9 Å². The zero-order chi connectivity index (χ0) is 15.4. The molecule has 0 spiro atoms. The first-order valence-electron chi connectivity index (χ1n) is 6.72. The van der Waals surface area contributed by atoms with Gasteiger partial charge in [0.25, 0.3) is 0 Å². The van der Waals surface area contributed by atoms with Crippen LogP contribution in [0.4, 0.5) is 0 Å². The van der Waals surface area contributed by atoms with Gasteiger partial charge in [-0.05, 0) is 11.6 Å². The number of aromatic amines is 1. The van der Waals surface area contributed by atoms with Crippen molar-refractivity contribution in [2.24, 2.45) is 7.05 Å². The van der Waals surface area contributed by atoms with E-state index in [0.717, 1.165) is 34.3 Å². The number of H-pyrrole nitrogens is 1. The molecule has 2 aromatic heterocycles. The lowest BCUT2D eigenvalue weighted by Crippen LogP contribution is -1.95. The van der Waals surface area contributed by atoms with Crippen LogP contribution >= 0.6 is 23.4 Å². The molecular weight excluding hydrogens is 322 g/mol. The average Bonchev–Trinajstić information content (AvgIpc) is 3.19. The standard InChI is InChI=1S/C13H14ClN7S/c1-21-12(17-18-13(21)22-8-2-7-14)10-5-3-9(4-6-10)11-15-19-20-16-11/h3-6H,2,7-8H2,1H3,(H,15,16,19,20). The van der Waals surface area contributed by atoms with Crippen LogP contribution in [0.25, 0.3) is 22.8 Å². The Morgan fingerprint density at radius 2 is 1.91 bits per heavy atom. The predicted molar refractivity (Wildman–Crippen MR) is 85.7 cm³/mol. The molecule has 3 rings (SSSR count). The van der Waals surface area contributed by atoms with Crippen LogP contribution in [-0.4, -0.2) is 47.0 Å². The van der Waals surface area contributed by atoms with Gasteiger partial charge in [-0.2, -0.15) is 5.21 Å². The van der Waals surface area contributed by atoms with Gasteiger partial charge >= 0.3 is 0 Å². The quantitative estimate of drug-likeness (QED) is 0.423. The van der Waals surface area contributed by atoms with Crippen LogP contribution in [0.15, 0.2) is 29.4 Å². The summed E-state index contributed by atoms with van der Waals surface area (Å²) < 4.78 is 1.99. The van der Waals surface area contributed by atoms with E-state index in [9.17, 15) is 0 Å². The fraction of sp³-hybridized carbons (Fsp3) is 0.308. The summed E-state index contributed by atoms with van der Waals surface area (Å²) in [7, 11) is 1.96. The molecule has 22 heavy (non-hydrogen) atoms. The second-order valence-electron chi connectivity index (χ2n) is 4.57. The van der Waals surface area contributed by atoms with Crippen molar-refractivity contribution in [2.75, 3.05) is 11.6 Å². The third kappa shape index (κ3) is 3.12. The average molecular weight is 336 g/mol. The van der Waals surface area contributed by atoms with Crippen LogP contribution in [0.3, 0.4) is 0 Å². The molecule has 0 saturated carbocycles. The molecule has 9 heteroatoms. The fourth-order valence-electron chi connectivity index (χ4n) is 1.96. The van der Waals surface area contributed by atoms with Crippen LogP contribution in [0.1, 0.15) is 6.42 Å². The van der Waals surface area contributed by atoms with Gasteiger partial charge in [0, 0.05) is 29.8 Å². The molecule has 0 atom stereocenters. The summed E-state index contributed by atoms with van der Waals surface area (Å²) >= 11 is 7.35. The monoisotopic (exact) mass is 335 g/mol. The van der Waals surface area contributed by atoms with Crippen molar-refractivity contribution in [1.29, 1.82) is 0 Å². The molecule has 0 bridgehead atoms. The largest absolute Gasteiger partial charge is 0.305 e. The molecule has 0 fully saturated rings. The topological polar surface area (TPSA) is 85.2 Å². The van der Waals surface area contributed by atoms with Gasteiger partial charge in [0.1, 0.15) is 0 Å². The number of alkyl halides is 1. The molecular formula is C13H14ClN7S. The summed E-state index contributed by atoms with van der Waals surface area (Å²) in [6.07, 6.45) is 0.952. The van der Waals surface area contributed by atoms with Gasteiger partial charge in [0.05, 0.1) is 0 Å². The van der Waals surface area contributed by atoms with Crippen molar-refractivity contribution in [1.82, 2.24) is 35.4 Å². The molecule has 1 N–H and O–H groups in total. The lowest BCUT2D eigenvalue weighted by atomic mass is 10.1. The number of nitrogens with one attached hydrogen (secondary N) is 1. The van der Waals surface area contributed by atoms with Crippen LogP contribution in [-0.2, 0) is 7.05 Å². The molecule has 0 aliphatic carbocycles. The van der Waals surface area contributed by atoms with Gasteiger partial charge in [-0.3, -0.25) is 0 Å². The van der Waals surface area contributed by atoms with Gasteiger partial charge in [0.2, 0.25) is 5.82 Å². The van der Waals surface area contributed by atoms with Gasteiger partial charge in [-0.25, -0.2) is 0 Å². The maximum atomic E-state index is 5.69. The minimum Gasteiger partial charge on any atom is -0.305 e. The first kappa shape index (κ1) is 15.0. The highest BCUT2D eigenvalue weighted by atomic mass is 35.5. The Bertz CT molecular complexity index is 723. The second-order valence-corrected chi connectivity index (χ2v) is 6.01. The van der Waals surface area contributed by atoms with E-state index < -0.39 is 0 Å². The molecule has 0 aliphatic rings. The Morgan fingerprint density at radius 1 is 1.14 bits per heavy atom. The lowest BCUT2D eigenvalue weighted by Gasteiger charge is -2.04.